The minimum absolute atomic E-state index is 0.0542. The molecule has 3 nitrogen and oxygen atoms in total. The van der Waals surface area contributed by atoms with Crippen LogP contribution in [0.2, 0.25) is 0 Å². The van der Waals surface area contributed by atoms with E-state index >= 15 is 0 Å². The Hall–Kier alpha value is -0.730. The monoisotopic (exact) mass is 155 g/mol. The molecule has 0 radical (unpaired) electrons. The summed E-state index contributed by atoms with van der Waals surface area (Å²) in [7, 11) is 0. The fourth-order valence-electron chi connectivity index (χ4n) is 1.44. The van der Waals surface area contributed by atoms with Crippen molar-refractivity contribution in [2.24, 2.45) is 0 Å². The second kappa shape index (κ2) is 1.90. The molecule has 3 heteroatoms. The standard InChI is InChI=1S/C8H13NO2/c1-6(2)9-5-8(3-4-8)11-7(9)10/h6H,3-5H2,1-2H3. The molecule has 0 unspecified atom stereocenters. The first kappa shape index (κ1) is 6.95. The summed E-state index contributed by atoms with van der Waals surface area (Å²) in [5.74, 6) is 0. The summed E-state index contributed by atoms with van der Waals surface area (Å²) in [5, 5.41) is 0. The predicted molar refractivity (Wildman–Crippen MR) is 40.3 cm³/mol. The van der Waals surface area contributed by atoms with Crippen molar-refractivity contribution in [1.82, 2.24) is 4.90 Å². The normalized spacial score (nSPS) is 26.5. The molecule has 1 saturated carbocycles. The molecule has 2 aliphatic rings. The molecule has 1 amide bonds. The molecule has 0 aromatic rings. The van der Waals surface area contributed by atoms with Crippen LogP contribution < -0.4 is 0 Å². The maximum Gasteiger partial charge on any atom is 0.410 e. The highest BCUT2D eigenvalue weighted by Gasteiger charge is 2.54. The minimum Gasteiger partial charge on any atom is -0.441 e. The van der Waals surface area contributed by atoms with Gasteiger partial charge >= 0.3 is 6.09 Å². The number of hydrogen-bond acceptors (Lipinski definition) is 2. The summed E-state index contributed by atoms with van der Waals surface area (Å²) in [6, 6.07) is 0.280. The van der Waals surface area contributed by atoms with Gasteiger partial charge in [0.25, 0.3) is 0 Å². The summed E-state index contributed by atoms with van der Waals surface area (Å²) >= 11 is 0. The van der Waals surface area contributed by atoms with Crippen molar-refractivity contribution < 1.29 is 9.53 Å². The lowest BCUT2D eigenvalue weighted by molar-refractivity contribution is 0.121. The van der Waals surface area contributed by atoms with Crippen molar-refractivity contribution in [2.75, 3.05) is 6.54 Å². The zero-order valence-corrected chi connectivity index (χ0v) is 6.96. The third kappa shape index (κ3) is 0.988. The van der Waals surface area contributed by atoms with Crippen LogP contribution in [0.3, 0.4) is 0 Å². The number of rotatable bonds is 1. The van der Waals surface area contributed by atoms with Gasteiger partial charge in [0.15, 0.2) is 0 Å². The number of carbonyl (C=O) groups excluding carboxylic acids is 1. The predicted octanol–water partition coefficient (Wildman–Crippen LogP) is 1.38. The van der Waals surface area contributed by atoms with Crippen LogP contribution in [-0.2, 0) is 4.74 Å². The van der Waals surface area contributed by atoms with Crippen LogP contribution in [0.25, 0.3) is 0 Å². The lowest BCUT2D eigenvalue weighted by atomic mass is 10.3. The van der Waals surface area contributed by atoms with Gasteiger partial charge in [-0.2, -0.15) is 0 Å². The van der Waals surface area contributed by atoms with Gasteiger partial charge in [-0.1, -0.05) is 0 Å². The lowest BCUT2D eigenvalue weighted by Gasteiger charge is -2.16. The zero-order valence-electron chi connectivity index (χ0n) is 6.96. The maximum absolute atomic E-state index is 11.2. The van der Waals surface area contributed by atoms with Gasteiger partial charge < -0.3 is 9.64 Å². The van der Waals surface area contributed by atoms with E-state index in [1.165, 1.54) is 0 Å². The summed E-state index contributed by atoms with van der Waals surface area (Å²) in [5.41, 5.74) is -0.0542. The van der Waals surface area contributed by atoms with Crippen molar-refractivity contribution in [1.29, 1.82) is 0 Å². The fraction of sp³-hybridized carbons (Fsp3) is 0.875. The second-order valence-electron chi connectivity index (χ2n) is 3.77. The first-order valence-corrected chi connectivity index (χ1v) is 4.13. The van der Waals surface area contributed by atoms with E-state index in [4.69, 9.17) is 4.74 Å². The van der Waals surface area contributed by atoms with Gasteiger partial charge in [-0.25, -0.2) is 4.79 Å². The molecular weight excluding hydrogens is 142 g/mol. The van der Waals surface area contributed by atoms with Crippen molar-refractivity contribution in [3.8, 4) is 0 Å². The van der Waals surface area contributed by atoms with Crippen LogP contribution in [0.1, 0.15) is 26.7 Å². The maximum atomic E-state index is 11.2. The topological polar surface area (TPSA) is 29.5 Å². The molecule has 0 aromatic carbocycles. The molecule has 1 aliphatic heterocycles. The molecule has 1 spiro atoms. The Labute approximate surface area is 66.3 Å². The number of amides is 1. The van der Waals surface area contributed by atoms with Gasteiger partial charge in [0.2, 0.25) is 0 Å². The van der Waals surface area contributed by atoms with Crippen LogP contribution in [0.4, 0.5) is 4.79 Å². The van der Waals surface area contributed by atoms with Crippen LogP contribution in [0, 0.1) is 0 Å². The Bertz CT molecular complexity index is 196. The first-order valence-electron chi connectivity index (χ1n) is 4.13. The van der Waals surface area contributed by atoms with E-state index in [1.807, 2.05) is 13.8 Å². The van der Waals surface area contributed by atoms with Gasteiger partial charge in [0, 0.05) is 6.04 Å². The molecule has 2 rings (SSSR count). The van der Waals surface area contributed by atoms with Gasteiger partial charge in [-0.05, 0) is 26.7 Å². The second-order valence-corrected chi connectivity index (χ2v) is 3.77. The van der Waals surface area contributed by atoms with Gasteiger partial charge in [-0.3, -0.25) is 0 Å². The lowest BCUT2D eigenvalue weighted by Crippen LogP contribution is -2.32. The summed E-state index contributed by atoms with van der Waals surface area (Å²) in [6.45, 7) is 4.84. The Kier molecular flexibility index (Phi) is 1.20. The molecule has 62 valence electrons. The highest BCUT2D eigenvalue weighted by atomic mass is 16.6. The zero-order chi connectivity index (χ0) is 8.06. The molecule has 0 N–H and O–H groups in total. The summed E-state index contributed by atoms with van der Waals surface area (Å²) in [6.07, 6.45) is 1.99. The minimum atomic E-state index is -0.127. The van der Waals surface area contributed by atoms with Crippen LogP contribution in [0.5, 0.6) is 0 Å². The average molecular weight is 155 g/mol. The Morgan fingerprint density at radius 3 is 2.45 bits per heavy atom. The fourth-order valence-corrected chi connectivity index (χ4v) is 1.44. The van der Waals surface area contributed by atoms with E-state index in [-0.39, 0.29) is 17.7 Å². The van der Waals surface area contributed by atoms with Gasteiger partial charge in [0.1, 0.15) is 5.60 Å². The summed E-state index contributed by atoms with van der Waals surface area (Å²) < 4.78 is 5.22. The van der Waals surface area contributed by atoms with E-state index in [0.717, 1.165) is 19.4 Å². The van der Waals surface area contributed by atoms with Crippen LogP contribution in [0.15, 0.2) is 0 Å². The molecule has 0 atom stereocenters. The average Bonchev–Trinajstić information content (AvgIpc) is 2.54. The Morgan fingerprint density at radius 2 is 2.18 bits per heavy atom. The number of hydrogen-bond donors (Lipinski definition) is 0. The molecule has 2 fully saturated rings. The van der Waals surface area contributed by atoms with Crippen molar-refractivity contribution in [3.05, 3.63) is 0 Å². The molecule has 0 aromatic heterocycles. The number of ether oxygens (including phenoxy) is 1. The Morgan fingerprint density at radius 1 is 1.55 bits per heavy atom. The third-order valence-corrected chi connectivity index (χ3v) is 2.43. The molecule has 0 bridgehead atoms. The highest BCUT2D eigenvalue weighted by Crippen LogP contribution is 2.44. The third-order valence-electron chi connectivity index (χ3n) is 2.43. The highest BCUT2D eigenvalue weighted by molar-refractivity contribution is 5.71. The van der Waals surface area contributed by atoms with E-state index in [9.17, 15) is 4.79 Å². The molecule has 1 heterocycles. The quantitative estimate of drug-likeness (QED) is 0.572. The molecular formula is C8H13NO2. The van der Waals surface area contributed by atoms with E-state index in [1.54, 1.807) is 4.90 Å². The molecule has 1 aliphatic carbocycles. The van der Waals surface area contributed by atoms with Crippen molar-refractivity contribution in [3.63, 3.8) is 0 Å². The molecule has 1 saturated heterocycles. The Balaban J connectivity index is 2.08. The number of carbonyl (C=O) groups is 1. The van der Waals surface area contributed by atoms with Crippen molar-refractivity contribution in [2.45, 2.75) is 38.3 Å². The SMILES string of the molecule is CC(C)N1CC2(CC2)OC1=O. The van der Waals surface area contributed by atoms with Gasteiger partial charge in [-0.15, -0.1) is 0 Å². The smallest absolute Gasteiger partial charge is 0.410 e. The first-order chi connectivity index (χ1) is 5.13. The number of nitrogens with zero attached hydrogens (tertiary/aromatic N) is 1. The largest absolute Gasteiger partial charge is 0.441 e. The van der Waals surface area contributed by atoms with E-state index < -0.39 is 0 Å². The molecule has 11 heavy (non-hydrogen) atoms. The van der Waals surface area contributed by atoms with Gasteiger partial charge in [0.05, 0.1) is 6.54 Å². The van der Waals surface area contributed by atoms with E-state index in [2.05, 4.69) is 0 Å². The van der Waals surface area contributed by atoms with Crippen LogP contribution >= 0.6 is 0 Å². The van der Waals surface area contributed by atoms with Crippen molar-refractivity contribution >= 4 is 6.09 Å². The summed E-state index contributed by atoms with van der Waals surface area (Å²) in [4.78, 5) is 13.0. The van der Waals surface area contributed by atoms with Crippen LogP contribution in [-0.4, -0.2) is 29.2 Å². The van der Waals surface area contributed by atoms with E-state index in [0.29, 0.717) is 0 Å².